The average molecular weight is 643 g/mol. The molecule has 1 saturated heterocycles. The highest BCUT2D eigenvalue weighted by molar-refractivity contribution is 5.69. The lowest BCUT2D eigenvalue weighted by atomic mass is 9.99. The van der Waals surface area contributed by atoms with E-state index < -0.39 is 43.4 Å². The Morgan fingerprint density at radius 1 is 0.711 bits per heavy atom. The molecular weight excluding hydrogens is 576 g/mol. The fourth-order valence-corrected chi connectivity index (χ4v) is 5.23. The van der Waals surface area contributed by atoms with Crippen molar-refractivity contribution in [2.24, 2.45) is 0 Å². The van der Waals surface area contributed by atoms with Crippen LogP contribution in [-0.2, 0) is 23.7 Å². The number of hydrogen-bond acceptors (Lipinski definition) is 9. The number of rotatable bonds is 29. The Balaban J connectivity index is 2.34. The molecule has 264 valence electrons. The first kappa shape index (κ1) is 41.7. The first-order valence-electron chi connectivity index (χ1n) is 17.9. The van der Waals surface area contributed by atoms with E-state index in [4.69, 9.17) is 18.9 Å². The summed E-state index contributed by atoms with van der Waals surface area (Å²) in [5, 5.41) is 39.8. The topological polar surface area (TPSA) is 135 Å². The number of carbonyl (C=O) groups is 1. The Morgan fingerprint density at radius 2 is 1.33 bits per heavy atom. The molecule has 45 heavy (non-hydrogen) atoms. The van der Waals surface area contributed by atoms with Gasteiger partial charge in [0, 0.05) is 13.0 Å². The summed E-state index contributed by atoms with van der Waals surface area (Å²) in [6.45, 7) is 4.42. The summed E-state index contributed by atoms with van der Waals surface area (Å²) in [6.07, 6.45) is 22.1. The quantitative estimate of drug-likeness (QED) is 0.0421. The van der Waals surface area contributed by atoms with Gasteiger partial charge in [-0.3, -0.25) is 4.79 Å². The first-order chi connectivity index (χ1) is 21.9. The molecule has 1 aliphatic rings. The maximum atomic E-state index is 12.6. The third kappa shape index (κ3) is 21.2. The largest absolute Gasteiger partial charge is 0.457 e. The normalized spacial score (nSPS) is 22.8. The van der Waals surface area contributed by atoms with Crippen molar-refractivity contribution in [1.29, 1.82) is 0 Å². The molecule has 9 nitrogen and oxygen atoms in total. The average Bonchev–Trinajstić information content (AvgIpc) is 3.04. The highest BCUT2D eigenvalue weighted by Gasteiger charge is 2.44. The second-order valence-electron chi connectivity index (χ2n) is 12.3. The third-order valence-corrected chi connectivity index (χ3v) is 8.10. The van der Waals surface area contributed by atoms with Gasteiger partial charge in [0.15, 0.2) is 6.29 Å². The maximum Gasteiger partial charge on any atom is 0.306 e. The van der Waals surface area contributed by atoms with E-state index in [1.165, 1.54) is 57.8 Å². The Labute approximate surface area is 273 Å². The van der Waals surface area contributed by atoms with Gasteiger partial charge < -0.3 is 39.4 Å². The number of carbonyl (C=O) groups excluding carboxylic acids is 1. The minimum atomic E-state index is -1.53. The van der Waals surface area contributed by atoms with Crippen LogP contribution in [0, 0.1) is 0 Å². The maximum absolute atomic E-state index is 12.6. The van der Waals surface area contributed by atoms with Crippen LogP contribution in [0.1, 0.15) is 136 Å². The summed E-state index contributed by atoms with van der Waals surface area (Å²) in [6, 6.07) is 0. The molecule has 9 heteroatoms. The van der Waals surface area contributed by atoms with Crippen LogP contribution < -0.4 is 0 Å². The summed E-state index contributed by atoms with van der Waals surface area (Å²) in [4.78, 5) is 12.6. The van der Waals surface area contributed by atoms with Crippen molar-refractivity contribution in [3.8, 4) is 0 Å². The molecule has 0 saturated carbocycles. The van der Waals surface area contributed by atoms with Crippen molar-refractivity contribution in [3.05, 3.63) is 24.3 Å². The van der Waals surface area contributed by atoms with Crippen LogP contribution in [0.2, 0.25) is 0 Å². The zero-order valence-corrected chi connectivity index (χ0v) is 28.4. The van der Waals surface area contributed by atoms with E-state index in [2.05, 4.69) is 38.2 Å². The van der Waals surface area contributed by atoms with Crippen molar-refractivity contribution in [1.82, 2.24) is 0 Å². The van der Waals surface area contributed by atoms with Gasteiger partial charge in [-0.15, -0.1) is 0 Å². The predicted octanol–water partition coefficient (Wildman–Crippen LogP) is 6.30. The molecular formula is C36H66O9. The summed E-state index contributed by atoms with van der Waals surface area (Å²) < 4.78 is 22.6. The van der Waals surface area contributed by atoms with E-state index in [9.17, 15) is 25.2 Å². The highest BCUT2D eigenvalue weighted by Crippen LogP contribution is 2.22. The zero-order chi connectivity index (χ0) is 33.0. The van der Waals surface area contributed by atoms with Crippen LogP contribution in [0.15, 0.2) is 24.3 Å². The van der Waals surface area contributed by atoms with Crippen LogP contribution in [0.25, 0.3) is 0 Å². The van der Waals surface area contributed by atoms with Crippen molar-refractivity contribution in [2.45, 2.75) is 173 Å². The summed E-state index contributed by atoms with van der Waals surface area (Å²) in [5.74, 6) is -0.324. The van der Waals surface area contributed by atoms with E-state index in [0.29, 0.717) is 13.0 Å². The van der Waals surface area contributed by atoms with Gasteiger partial charge in [-0.2, -0.15) is 0 Å². The van der Waals surface area contributed by atoms with E-state index >= 15 is 0 Å². The second-order valence-corrected chi connectivity index (χ2v) is 12.3. The van der Waals surface area contributed by atoms with Crippen molar-refractivity contribution < 1.29 is 44.2 Å². The molecule has 0 radical (unpaired) electrons. The van der Waals surface area contributed by atoms with Gasteiger partial charge >= 0.3 is 5.97 Å². The minimum Gasteiger partial charge on any atom is -0.457 e. The van der Waals surface area contributed by atoms with Crippen molar-refractivity contribution in [2.75, 3.05) is 26.4 Å². The highest BCUT2D eigenvalue weighted by atomic mass is 16.7. The standard InChI is InChI=1S/C36H66O9/c1-3-5-7-9-11-13-14-15-16-17-18-20-22-24-26-42-28-30(44-32(38)25-23-21-19-12-10-8-6-4-2)29-43-36-35(41)34(40)33(39)31(27-37)45-36/h7,9,13-14,30-31,33-37,39-41H,3-6,8,10-12,15-29H2,1-2H3/b9-7-,14-13-. The van der Waals surface area contributed by atoms with Gasteiger partial charge in [-0.25, -0.2) is 0 Å². The lowest BCUT2D eigenvalue weighted by Crippen LogP contribution is -2.59. The molecule has 0 amide bonds. The molecule has 6 atom stereocenters. The van der Waals surface area contributed by atoms with Gasteiger partial charge in [0.1, 0.15) is 30.5 Å². The lowest BCUT2D eigenvalue weighted by Gasteiger charge is -2.39. The second kappa shape index (κ2) is 28.9. The van der Waals surface area contributed by atoms with Crippen LogP contribution in [-0.4, -0.2) is 89.6 Å². The molecule has 0 aliphatic carbocycles. The summed E-state index contributed by atoms with van der Waals surface area (Å²) in [5.41, 5.74) is 0. The third-order valence-electron chi connectivity index (χ3n) is 8.10. The zero-order valence-electron chi connectivity index (χ0n) is 28.4. The van der Waals surface area contributed by atoms with Crippen molar-refractivity contribution >= 4 is 5.97 Å². The van der Waals surface area contributed by atoms with E-state index in [1.54, 1.807) is 0 Å². The predicted molar refractivity (Wildman–Crippen MR) is 178 cm³/mol. The number of allylic oxidation sites excluding steroid dienone is 4. The number of unbranched alkanes of at least 4 members (excludes halogenated alkanes) is 14. The molecule has 1 fully saturated rings. The fraction of sp³-hybridized carbons (Fsp3) is 0.861. The van der Waals surface area contributed by atoms with E-state index in [-0.39, 0.29) is 19.2 Å². The summed E-state index contributed by atoms with van der Waals surface area (Å²) >= 11 is 0. The molecule has 0 spiro atoms. The Hall–Kier alpha value is -1.33. The van der Waals surface area contributed by atoms with Crippen molar-refractivity contribution in [3.63, 3.8) is 0 Å². The molecule has 6 unspecified atom stereocenters. The van der Waals surface area contributed by atoms with Crippen LogP contribution in [0.4, 0.5) is 0 Å². The smallest absolute Gasteiger partial charge is 0.306 e. The molecule has 1 rings (SSSR count). The Morgan fingerprint density at radius 3 is 2.00 bits per heavy atom. The number of aliphatic hydroxyl groups is 4. The van der Waals surface area contributed by atoms with Crippen LogP contribution in [0.3, 0.4) is 0 Å². The molecule has 0 aromatic rings. The number of ether oxygens (including phenoxy) is 4. The molecule has 0 bridgehead atoms. The molecule has 0 aromatic carbocycles. The lowest BCUT2D eigenvalue weighted by molar-refractivity contribution is -0.305. The van der Waals surface area contributed by atoms with Gasteiger partial charge in [-0.05, 0) is 38.5 Å². The van der Waals surface area contributed by atoms with E-state index in [0.717, 1.165) is 57.8 Å². The van der Waals surface area contributed by atoms with Gasteiger partial charge in [0.2, 0.25) is 0 Å². The van der Waals surface area contributed by atoms with E-state index in [1.807, 2.05) is 0 Å². The van der Waals surface area contributed by atoms with Gasteiger partial charge in [0.25, 0.3) is 0 Å². The monoisotopic (exact) mass is 642 g/mol. The minimum absolute atomic E-state index is 0.116. The van der Waals surface area contributed by atoms with Gasteiger partial charge in [0.05, 0.1) is 19.8 Å². The first-order valence-corrected chi connectivity index (χ1v) is 17.9. The SMILES string of the molecule is CCC/C=C\C/C=C\CCCCCCCCOCC(COC1OC(CO)C(O)C(O)C1O)OC(=O)CCCCCCCCCC. The molecule has 1 aliphatic heterocycles. The Kier molecular flexibility index (Phi) is 26.7. The van der Waals surface area contributed by atoms with Crippen LogP contribution >= 0.6 is 0 Å². The molecule has 0 aromatic heterocycles. The van der Waals surface area contributed by atoms with Crippen LogP contribution in [0.5, 0.6) is 0 Å². The number of esters is 1. The Bertz CT molecular complexity index is 742. The summed E-state index contributed by atoms with van der Waals surface area (Å²) in [7, 11) is 0. The van der Waals surface area contributed by atoms with Gasteiger partial charge in [-0.1, -0.05) is 115 Å². The fourth-order valence-electron chi connectivity index (χ4n) is 5.23. The molecule has 1 heterocycles. The number of hydrogen-bond donors (Lipinski definition) is 4. The molecule has 4 N–H and O–H groups in total. The number of aliphatic hydroxyl groups excluding tert-OH is 4.